The summed E-state index contributed by atoms with van der Waals surface area (Å²) in [4.78, 5) is 44.5. The Morgan fingerprint density at radius 1 is 0.821 bits per heavy atom. The van der Waals surface area contributed by atoms with Crippen molar-refractivity contribution in [2.45, 2.75) is 52.7 Å². The van der Waals surface area contributed by atoms with Crippen molar-refractivity contribution in [3.63, 3.8) is 0 Å². The van der Waals surface area contributed by atoms with Gasteiger partial charge in [0.15, 0.2) is 11.5 Å². The number of nitrogens with one attached hydrogen (secondary N) is 1. The molecule has 3 rings (SSSR count). The molecule has 1 heterocycles. The second-order valence-corrected chi connectivity index (χ2v) is 11.4. The van der Waals surface area contributed by atoms with Crippen molar-refractivity contribution >= 4 is 34.4 Å². The van der Waals surface area contributed by atoms with Crippen molar-refractivity contribution in [1.29, 1.82) is 0 Å². The minimum Gasteiger partial charge on any atom is -0.493 e. The van der Waals surface area contributed by atoms with Crippen LogP contribution in [0.5, 0.6) is 11.5 Å². The molecule has 11 heteroatoms. The number of hydrogen-bond acceptors (Lipinski definition) is 10. The number of ether oxygens (including phenoxy) is 4. The van der Waals surface area contributed by atoms with Gasteiger partial charge in [0.05, 0.1) is 19.9 Å². The smallest absolute Gasteiger partial charge is 0.439 e. The van der Waals surface area contributed by atoms with Crippen LogP contribution in [0.15, 0.2) is 48.5 Å². The van der Waals surface area contributed by atoms with E-state index in [1.165, 1.54) is 14.2 Å². The Morgan fingerprint density at radius 3 is 1.90 bits per heavy atom. The van der Waals surface area contributed by atoms with Crippen molar-refractivity contribution in [2.75, 3.05) is 19.6 Å². The fourth-order valence-electron chi connectivity index (χ4n) is 3.30. The lowest BCUT2D eigenvalue weighted by molar-refractivity contribution is 0.00640. The third-order valence-corrected chi connectivity index (χ3v) is 5.84. The number of amides is 2. The Kier molecular flexibility index (Phi) is 8.85. The van der Waals surface area contributed by atoms with Crippen LogP contribution in [0.4, 0.5) is 14.7 Å². The van der Waals surface area contributed by atoms with Crippen molar-refractivity contribution in [1.82, 2.24) is 9.99 Å². The van der Waals surface area contributed by atoms with Crippen molar-refractivity contribution < 1.29 is 33.3 Å². The van der Waals surface area contributed by atoms with Gasteiger partial charge in [-0.1, -0.05) is 41.7 Å². The molecule has 1 aromatic heterocycles. The highest BCUT2D eigenvalue weighted by Gasteiger charge is 2.33. The van der Waals surface area contributed by atoms with E-state index in [1.807, 2.05) is 30.3 Å². The Morgan fingerprint density at radius 2 is 1.38 bits per heavy atom. The van der Waals surface area contributed by atoms with Crippen LogP contribution in [0, 0.1) is 0 Å². The van der Waals surface area contributed by atoms with Gasteiger partial charge in [0, 0.05) is 11.1 Å². The van der Waals surface area contributed by atoms with E-state index in [4.69, 9.17) is 18.9 Å². The van der Waals surface area contributed by atoms with Crippen LogP contribution in [-0.4, -0.2) is 53.4 Å². The molecule has 2 aromatic carbocycles. The van der Waals surface area contributed by atoms with E-state index in [-0.39, 0.29) is 15.8 Å². The minimum absolute atomic E-state index is 0.106. The minimum atomic E-state index is -0.985. The van der Waals surface area contributed by atoms with Gasteiger partial charge >= 0.3 is 12.2 Å². The highest BCUT2D eigenvalue weighted by atomic mass is 32.1. The zero-order chi connectivity index (χ0) is 29.0. The fraction of sp³-hybridized carbons (Fsp3) is 0.357. The topological polar surface area (TPSA) is 116 Å². The molecule has 0 atom stereocenters. The first-order chi connectivity index (χ1) is 18.2. The molecule has 1 N–H and O–H groups in total. The number of aromatic nitrogens is 1. The number of hydrogen-bond donors (Lipinski definition) is 1. The van der Waals surface area contributed by atoms with Gasteiger partial charge in [0.25, 0.3) is 0 Å². The number of carbonyl (C=O) groups excluding carboxylic acids is 3. The Labute approximate surface area is 231 Å². The maximum absolute atomic E-state index is 13.7. The van der Waals surface area contributed by atoms with Crippen LogP contribution in [0.2, 0.25) is 0 Å². The quantitative estimate of drug-likeness (QED) is 0.256. The zero-order valence-corrected chi connectivity index (χ0v) is 24.1. The number of thiazole rings is 1. The summed E-state index contributed by atoms with van der Waals surface area (Å²) < 4.78 is 21.4. The lowest BCUT2D eigenvalue weighted by Gasteiger charge is -2.28. The molecule has 208 valence electrons. The van der Waals surface area contributed by atoms with E-state index in [1.54, 1.807) is 59.7 Å². The highest BCUT2D eigenvalue weighted by molar-refractivity contribution is 7.18. The van der Waals surface area contributed by atoms with Gasteiger partial charge < -0.3 is 18.9 Å². The number of rotatable bonds is 7. The van der Waals surface area contributed by atoms with Crippen molar-refractivity contribution in [3.05, 3.63) is 59.0 Å². The summed E-state index contributed by atoms with van der Waals surface area (Å²) in [7, 11) is 2.99. The van der Waals surface area contributed by atoms with Crippen molar-refractivity contribution in [3.8, 4) is 22.8 Å². The average Bonchev–Trinajstić information content (AvgIpc) is 3.28. The standard InChI is InChI=1S/C28H33N3O7S/c1-27(2,3)37-25(33)31(26(34)38-28(4,5)6)30-24-29-21(17-12-10-9-11-13-17)23(39-24)22(32)18-14-15-19(35-7)20(16-18)36-8/h9-16H,1-8H3,(H,29,30). The second-order valence-electron chi connectivity index (χ2n) is 10.4. The van der Waals surface area contributed by atoms with Gasteiger partial charge in [-0.3, -0.25) is 10.2 Å². The SMILES string of the molecule is COc1ccc(C(=O)c2sc(NN(C(=O)OC(C)(C)C)C(=O)OC(C)(C)C)nc2-c2ccccc2)cc1OC. The molecule has 39 heavy (non-hydrogen) atoms. The number of anilines is 1. The average molecular weight is 556 g/mol. The first kappa shape index (κ1) is 29.4. The summed E-state index contributed by atoms with van der Waals surface area (Å²) in [6.45, 7) is 10.1. The first-order valence-corrected chi connectivity index (χ1v) is 12.9. The maximum atomic E-state index is 13.7. The molecule has 0 saturated carbocycles. The van der Waals surface area contributed by atoms with E-state index in [0.29, 0.717) is 33.3 Å². The highest BCUT2D eigenvalue weighted by Crippen LogP contribution is 2.35. The van der Waals surface area contributed by atoms with Crippen LogP contribution >= 0.6 is 11.3 Å². The van der Waals surface area contributed by atoms with Crippen LogP contribution in [0.1, 0.15) is 56.8 Å². The lowest BCUT2D eigenvalue weighted by Crippen LogP contribution is -2.46. The lowest BCUT2D eigenvalue weighted by atomic mass is 10.0. The third-order valence-electron chi connectivity index (χ3n) is 4.89. The van der Waals surface area contributed by atoms with Crippen LogP contribution in [0.3, 0.4) is 0 Å². The van der Waals surface area contributed by atoms with E-state index in [9.17, 15) is 14.4 Å². The molecule has 0 aliphatic heterocycles. The molecule has 0 fully saturated rings. The summed E-state index contributed by atoms with van der Waals surface area (Å²) in [6.07, 6.45) is -1.97. The normalized spacial score (nSPS) is 11.4. The third kappa shape index (κ3) is 7.70. The molecule has 0 saturated heterocycles. The predicted octanol–water partition coefficient (Wildman–Crippen LogP) is 6.56. The number of ketones is 1. The molecule has 0 aliphatic carbocycles. The van der Waals surface area contributed by atoms with Gasteiger partial charge in [-0.25, -0.2) is 14.6 Å². The van der Waals surface area contributed by atoms with Gasteiger partial charge in [0.1, 0.15) is 16.1 Å². The molecule has 0 aliphatic rings. The van der Waals surface area contributed by atoms with Gasteiger partial charge in [-0.15, -0.1) is 5.01 Å². The van der Waals surface area contributed by atoms with Crippen molar-refractivity contribution in [2.24, 2.45) is 0 Å². The summed E-state index contributed by atoms with van der Waals surface area (Å²) in [5.41, 5.74) is 2.32. The molecule has 2 amide bonds. The molecule has 0 radical (unpaired) electrons. The molecule has 0 bridgehead atoms. The summed E-state index contributed by atoms with van der Waals surface area (Å²) in [5, 5.41) is 0.712. The Balaban J connectivity index is 2.07. The molecule has 0 unspecified atom stereocenters. The largest absolute Gasteiger partial charge is 0.493 e. The van der Waals surface area contributed by atoms with E-state index < -0.39 is 23.4 Å². The van der Waals surface area contributed by atoms with E-state index >= 15 is 0 Å². The number of methoxy groups -OCH3 is 2. The summed E-state index contributed by atoms with van der Waals surface area (Å²) >= 11 is 0.979. The monoisotopic (exact) mass is 555 g/mol. The number of imide groups is 1. The summed E-state index contributed by atoms with van der Waals surface area (Å²) in [6, 6.07) is 13.9. The van der Waals surface area contributed by atoms with Crippen LogP contribution < -0.4 is 14.9 Å². The van der Waals surface area contributed by atoms with Gasteiger partial charge in [0.2, 0.25) is 10.9 Å². The number of hydrazine groups is 1. The number of carbonyl (C=O) groups is 3. The summed E-state index contributed by atoms with van der Waals surface area (Å²) in [5.74, 6) is 0.546. The van der Waals surface area contributed by atoms with Gasteiger partial charge in [-0.05, 0) is 59.7 Å². The Hall–Kier alpha value is -4.12. The zero-order valence-electron chi connectivity index (χ0n) is 23.3. The van der Waals surface area contributed by atoms with Crippen LogP contribution in [0.25, 0.3) is 11.3 Å². The van der Waals surface area contributed by atoms with Crippen LogP contribution in [-0.2, 0) is 9.47 Å². The van der Waals surface area contributed by atoms with Gasteiger partial charge in [-0.2, -0.15) is 0 Å². The molecular formula is C28H33N3O7S. The van der Waals surface area contributed by atoms with E-state index in [2.05, 4.69) is 10.4 Å². The predicted molar refractivity (Wildman–Crippen MR) is 148 cm³/mol. The Bertz CT molecular complexity index is 1310. The molecule has 3 aromatic rings. The molecule has 10 nitrogen and oxygen atoms in total. The number of nitrogens with zero attached hydrogens (tertiary/aromatic N) is 2. The van der Waals surface area contributed by atoms with E-state index in [0.717, 1.165) is 11.3 Å². The fourth-order valence-corrected chi connectivity index (χ4v) is 4.24. The maximum Gasteiger partial charge on any atom is 0.439 e. The molecule has 0 spiro atoms. The second kappa shape index (κ2) is 11.7. The number of benzene rings is 2. The molecular weight excluding hydrogens is 522 g/mol. The first-order valence-electron chi connectivity index (χ1n) is 12.1.